The first-order valence-electron chi connectivity index (χ1n) is 8.11. The van der Waals surface area contributed by atoms with Gasteiger partial charge in [0.05, 0.1) is 19.8 Å². The number of carbonyl (C=O) groups is 1. The van der Waals surface area contributed by atoms with Crippen LogP contribution in [0, 0.1) is 0 Å². The summed E-state index contributed by atoms with van der Waals surface area (Å²) in [6.07, 6.45) is 2.35. The maximum atomic E-state index is 12.6. The van der Waals surface area contributed by atoms with Crippen LogP contribution in [0.15, 0.2) is 18.2 Å². The van der Waals surface area contributed by atoms with Crippen LogP contribution in [0.2, 0.25) is 0 Å². The number of nitrogens with zero attached hydrogens (tertiary/aromatic N) is 1. The number of ether oxygens (including phenoxy) is 2. The fourth-order valence-corrected chi connectivity index (χ4v) is 3.50. The van der Waals surface area contributed by atoms with Crippen molar-refractivity contribution in [1.29, 1.82) is 0 Å². The molecule has 0 bridgehead atoms. The molecule has 1 amide bonds. The minimum atomic E-state index is -0.475. The predicted molar refractivity (Wildman–Crippen MR) is 82.7 cm³/mol. The molecule has 2 fully saturated rings. The van der Waals surface area contributed by atoms with Gasteiger partial charge in [-0.2, -0.15) is 0 Å². The second-order valence-corrected chi connectivity index (χ2v) is 7.78. The molecular formula is C18H23NO3. The molecule has 1 spiro atoms. The van der Waals surface area contributed by atoms with E-state index in [4.69, 9.17) is 9.47 Å². The van der Waals surface area contributed by atoms with Crippen LogP contribution < -0.4 is 0 Å². The second-order valence-electron chi connectivity index (χ2n) is 7.78. The Morgan fingerprint density at radius 3 is 2.59 bits per heavy atom. The average molecular weight is 301 g/mol. The number of hydrogen-bond acceptors (Lipinski definition) is 3. The van der Waals surface area contributed by atoms with Gasteiger partial charge < -0.3 is 9.47 Å². The number of hydrogen-bond donors (Lipinski definition) is 0. The third kappa shape index (κ3) is 2.12. The van der Waals surface area contributed by atoms with Crippen molar-refractivity contribution < 1.29 is 14.3 Å². The van der Waals surface area contributed by atoms with E-state index in [0.717, 1.165) is 5.92 Å². The van der Waals surface area contributed by atoms with Crippen molar-refractivity contribution in [1.82, 2.24) is 4.90 Å². The van der Waals surface area contributed by atoms with Crippen molar-refractivity contribution in [2.45, 2.75) is 57.2 Å². The minimum absolute atomic E-state index is 0.236. The molecule has 1 aliphatic carbocycles. The van der Waals surface area contributed by atoms with Crippen LogP contribution in [0.5, 0.6) is 0 Å². The van der Waals surface area contributed by atoms with Gasteiger partial charge in [0.1, 0.15) is 11.1 Å². The molecule has 1 aromatic rings. The lowest BCUT2D eigenvalue weighted by Crippen LogP contribution is -2.58. The molecule has 0 radical (unpaired) electrons. The topological polar surface area (TPSA) is 38.8 Å². The molecule has 118 valence electrons. The molecule has 1 aromatic carbocycles. The fraction of sp³-hybridized carbons (Fsp3) is 0.611. The van der Waals surface area contributed by atoms with E-state index in [1.165, 1.54) is 29.5 Å². The summed E-state index contributed by atoms with van der Waals surface area (Å²) in [5.74, 6) is 0.731. The van der Waals surface area contributed by atoms with Gasteiger partial charge in [-0.25, -0.2) is 4.79 Å². The minimum Gasteiger partial charge on any atom is -0.444 e. The Labute approximate surface area is 131 Å². The second kappa shape index (κ2) is 4.48. The maximum Gasteiger partial charge on any atom is 0.411 e. The first kappa shape index (κ1) is 14.1. The van der Waals surface area contributed by atoms with Gasteiger partial charge in [0.15, 0.2) is 0 Å². The lowest BCUT2D eigenvalue weighted by molar-refractivity contribution is -0.135. The standard InChI is InChI=1S/C18H23NO3/c1-17(2,3)22-16(20)19-9-14-8-13(12-4-5-12)6-7-15(14)18(19)10-21-11-18/h6-8,12H,4-5,9-11H2,1-3H3. The van der Waals surface area contributed by atoms with Crippen LogP contribution in [0.3, 0.4) is 0 Å². The van der Waals surface area contributed by atoms with Crippen molar-refractivity contribution in [3.05, 3.63) is 34.9 Å². The van der Waals surface area contributed by atoms with Crippen molar-refractivity contribution in [3.8, 4) is 0 Å². The smallest absolute Gasteiger partial charge is 0.411 e. The molecule has 0 unspecified atom stereocenters. The van der Waals surface area contributed by atoms with E-state index in [0.29, 0.717) is 19.8 Å². The zero-order valence-electron chi connectivity index (χ0n) is 13.5. The van der Waals surface area contributed by atoms with Gasteiger partial charge in [0.2, 0.25) is 0 Å². The molecule has 0 atom stereocenters. The highest BCUT2D eigenvalue weighted by atomic mass is 16.6. The largest absolute Gasteiger partial charge is 0.444 e. The van der Waals surface area contributed by atoms with Crippen LogP contribution in [0.25, 0.3) is 0 Å². The zero-order chi connectivity index (χ0) is 15.5. The zero-order valence-corrected chi connectivity index (χ0v) is 13.5. The molecule has 4 rings (SSSR count). The lowest BCUT2D eigenvalue weighted by Gasteiger charge is -2.45. The number of carbonyl (C=O) groups excluding carboxylic acids is 1. The van der Waals surface area contributed by atoms with Crippen molar-refractivity contribution >= 4 is 6.09 Å². The van der Waals surface area contributed by atoms with Gasteiger partial charge >= 0.3 is 6.09 Å². The van der Waals surface area contributed by atoms with Gasteiger partial charge in [0.25, 0.3) is 0 Å². The number of fused-ring (bicyclic) bond motifs is 2. The molecule has 1 saturated carbocycles. The Balaban J connectivity index is 1.65. The Morgan fingerprint density at radius 1 is 1.32 bits per heavy atom. The molecule has 1 saturated heterocycles. The third-order valence-corrected chi connectivity index (χ3v) is 4.82. The van der Waals surface area contributed by atoms with Gasteiger partial charge in [-0.3, -0.25) is 4.90 Å². The van der Waals surface area contributed by atoms with Gasteiger partial charge in [-0.05, 0) is 56.2 Å². The summed E-state index contributed by atoms with van der Waals surface area (Å²) in [5.41, 5.74) is 3.14. The summed E-state index contributed by atoms with van der Waals surface area (Å²) in [5, 5.41) is 0. The number of rotatable bonds is 1. The van der Waals surface area contributed by atoms with Crippen LogP contribution in [-0.4, -0.2) is 29.8 Å². The van der Waals surface area contributed by atoms with Crippen LogP contribution >= 0.6 is 0 Å². The van der Waals surface area contributed by atoms with E-state index in [2.05, 4.69) is 18.2 Å². The fourth-order valence-electron chi connectivity index (χ4n) is 3.50. The molecule has 2 heterocycles. The van der Waals surface area contributed by atoms with Crippen molar-refractivity contribution in [3.63, 3.8) is 0 Å². The molecule has 0 N–H and O–H groups in total. The van der Waals surface area contributed by atoms with E-state index in [-0.39, 0.29) is 11.6 Å². The van der Waals surface area contributed by atoms with E-state index >= 15 is 0 Å². The van der Waals surface area contributed by atoms with Crippen LogP contribution in [-0.2, 0) is 21.6 Å². The highest BCUT2D eigenvalue weighted by Crippen LogP contribution is 2.47. The summed E-state index contributed by atoms with van der Waals surface area (Å²) in [4.78, 5) is 14.5. The molecule has 22 heavy (non-hydrogen) atoms. The average Bonchev–Trinajstić information content (AvgIpc) is 3.15. The highest BCUT2D eigenvalue weighted by Gasteiger charge is 2.54. The van der Waals surface area contributed by atoms with Crippen molar-refractivity contribution in [2.24, 2.45) is 0 Å². The summed E-state index contributed by atoms with van der Waals surface area (Å²) in [6, 6.07) is 6.72. The van der Waals surface area contributed by atoms with E-state index < -0.39 is 5.60 Å². The molecule has 4 nitrogen and oxygen atoms in total. The Morgan fingerprint density at radius 2 is 2.05 bits per heavy atom. The third-order valence-electron chi connectivity index (χ3n) is 4.82. The van der Waals surface area contributed by atoms with Crippen molar-refractivity contribution in [2.75, 3.05) is 13.2 Å². The summed E-state index contributed by atoms with van der Waals surface area (Å²) >= 11 is 0. The van der Waals surface area contributed by atoms with Crippen LogP contribution in [0.4, 0.5) is 4.79 Å². The Kier molecular flexibility index (Phi) is 2.86. The number of benzene rings is 1. The normalized spacial score (nSPS) is 22.4. The van der Waals surface area contributed by atoms with E-state index in [1.54, 1.807) is 0 Å². The molecule has 0 aromatic heterocycles. The molecule has 4 heteroatoms. The maximum absolute atomic E-state index is 12.6. The Bertz CT molecular complexity index is 624. The van der Waals surface area contributed by atoms with E-state index in [1.807, 2.05) is 25.7 Å². The van der Waals surface area contributed by atoms with Crippen LogP contribution in [0.1, 0.15) is 56.2 Å². The summed E-state index contributed by atoms with van der Waals surface area (Å²) in [7, 11) is 0. The first-order valence-corrected chi connectivity index (χ1v) is 8.11. The molecule has 3 aliphatic rings. The SMILES string of the molecule is CC(C)(C)OC(=O)N1Cc2cc(C3CC3)ccc2C12COC2. The predicted octanol–water partition coefficient (Wildman–Crippen LogP) is 3.54. The Hall–Kier alpha value is -1.55. The molecular weight excluding hydrogens is 278 g/mol. The highest BCUT2D eigenvalue weighted by molar-refractivity contribution is 5.72. The van der Waals surface area contributed by atoms with E-state index in [9.17, 15) is 4.79 Å². The number of amides is 1. The summed E-state index contributed by atoms with van der Waals surface area (Å²) < 4.78 is 11.1. The van der Waals surface area contributed by atoms with Gasteiger partial charge in [-0.15, -0.1) is 0 Å². The van der Waals surface area contributed by atoms with Gasteiger partial charge in [-0.1, -0.05) is 18.2 Å². The molecule has 2 aliphatic heterocycles. The lowest BCUT2D eigenvalue weighted by atomic mass is 9.87. The first-order chi connectivity index (χ1) is 10.4. The van der Waals surface area contributed by atoms with Gasteiger partial charge in [0, 0.05) is 0 Å². The monoisotopic (exact) mass is 301 g/mol. The summed E-state index contributed by atoms with van der Waals surface area (Å²) in [6.45, 7) is 7.49. The quantitative estimate of drug-likeness (QED) is 0.796.